The maximum Gasteiger partial charge on any atom is 0.273 e. The highest BCUT2D eigenvalue weighted by atomic mass is 35.5. The van der Waals surface area contributed by atoms with Crippen LogP contribution in [0.2, 0.25) is 5.02 Å². The molecule has 9 heteroatoms. The van der Waals surface area contributed by atoms with Crippen molar-refractivity contribution in [3.63, 3.8) is 0 Å². The average Bonchev–Trinajstić information content (AvgIpc) is 2.86. The molecule has 3 aromatic rings. The molecular weight excluding hydrogens is 480 g/mol. The van der Waals surface area contributed by atoms with E-state index in [1.54, 1.807) is 30.3 Å². The van der Waals surface area contributed by atoms with Crippen molar-refractivity contribution in [2.75, 3.05) is 31.6 Å². The van der Waals surface area contributed by atoms with Crippen LogP contribution in [0.3, 0.4) is 0 Å². The number of rotatable bonds is 11. The van der Waals surface area contributed by atoms with Crippen LogP contribution in [0.25, 0.3) is 0 Å². The summed E-state index contributed by atoms with van der Waals surface area (Å²) in [5.74, 6) is -0.916. The predicted octanol–water partition coefficient (Wildman–Crippen LogP) is 3.45. The number of amides is 2. The van der Waals surface area contributed by atoms with Crippen LogP contribution < -0.4 is 10.7 Å². The molecule has 0 unspecified atom stereocenters. The molecule has 0 heterocycles. The summed E-state index contributed by atoms with van der Waals surface area (Å²) in [7, 11) is 0. The number of benzene rings is 3. The number of nitrogens with zero attached hydrogens (tertiary/aromatic N) is 2. The Morgan fingerprint density at radius 3 is 2.39 bits per heavy atom. The fourth-order valence-electron chi connectivity index (χ4n) is 3.51. The van der Waals surface area contributed by atoms with Crippen molar-refractivity contribution in [1.29, 1.82) is 0 Å². The van der Waals surface area contributed by atoms with Crippen LogP contribution >= 0.6 is 11.6 Å². The fraction of sp³-hybridized carbons (Fsp3) is 0.222. The summed E-state index contributed by atoms with van der Waals surface area (Å²) < 4.78 is 0. The van der Waals surface area contributed by atoms with E-state index in [4.69, 9.17) is 11.6 Å². The maximum atomic E-state index is 13.0. The summed E-state index contributed by atoms with van der Waals surface area (Å²) in [6.07, 6.45) is 1.53. The number of aliphatic hydroxyl groups is 2. The number of aryl methyl sites for hydroxylation is 1. The van der Waals surface area contributed by atoms with E-state index in [9.17, 15) is 19.8 Å². The standard InChI is InChI=1S/C27H29ClN4O4/c1-19-5-7-20(8-6-19)17-29-31-27(36)24-16-23(28)9-10-25(24)30-26(35)22-4-2-3-21(15-22)18-32(11-13-33)12-14-34/h2-10,15-17,33-34H,11-14,18H2,1H3,(H,30,35)(H,31,36). The van der Waals surface area contributed by atoms with Gasteiger partial charge in [-0.1, -0.05) is 53.6 Å². The highest BCUT2D eigenvalue weighted by Gasteiger charge is 2.16. The van der Waals surface area contributed by atoms with Gasteiger partial charge in [-0.15, -0.1) is 0 Å². The lowest BCUT2D eigenvalue weighted by Gasteiger charge is -2.20. The Morgan fingerprint density at radius 2 is 1.69 bits per heavy atom. The fourth-order valence-corrected chi connectivity index (χ4v) is 3.68. The van der Waals surface area contributed by atoms with Crippen LogP contribution in [-0.2, 0) is 6.54 Å². The predicted molar refractivity (Wildman–Crippen MR) is 142 cm³/mol. The lowest BCUT2D eigenvalue weighted by molar-refractivity contribution is 0.0956. The van der Waals surface area contributed by atoms with Crippen molar-refractivity contribution in [3.8, 4) is 0 Å². The Morgan fingerprint density at radius 1 is 0.972 bits per heavy atom. The lowest BCUT2D eigenvalue weighted by atomic mass is 10.1. The van der Waals surface area contributed by atoms with Crippen molar-refractivity contribution < 1.29 is 19.8 Å². The summed E-state index contributed by atoms with van der Waals surface area (Å²) in [6.45, 7) is 3.21. The van der Waals surface area contributed by atoms with Crippen molar-refractivity contribution >= 4 is 35.3 Å². The molecule has 188 valence electrons. The summed E-state index contributed by atoms with van der Waals surface area (Å²) in [5.41, 5.74) is 6.14. The number of halogens is 1. The molecule has 3 aromatic carbocycles. The first-order valence-corrected chi connectivity index (χ1v) is 11.8. The Bertz CT molecular complexity index is 1210. The number of aliphatic hydroxyl groups excluding tert-OH is 2. The van der Waals surface area contributed by atoms with E-state index in [0.29, 0.717) is 35.9 Å². The maximum absolute atomic E-state index is 13.0. The second kappa shape index (κ2) is 13.5. The van der Waals surface area contributed by atoms with E-state index in [0.717, 1.165) is 16.7 Å². The first-order valence-electron chi connectivity index (χ1n) is 11.4. The molecule has 0 fully saturated rings. The van der Waals surface area contributed by atoms with Crippen LogP contribution in [0.1, 0.15) is 37.4 Å². The van der Waals surface area contributed by atoms with Gasteiger partial charge in [0.05, 0.1) is 30.7 Å². The summed E-state index contributed by atoms with van der Waals surface area (Å²) in [5, 5.41) is 25.6. The largest absolute Gasteiger partial charge is 0.395 e. The summed E-state index contributed by atoms with van der Waals surface area (Å²) in [6, 6.07) is 19.3. The lowest BCUT2D eigenvalue weighted by Crippen LogP contribution is -2.29. The first-order chi connectivity index (χ1) is 17.4. The molecule has 0 saturated heterocycles. The number of carbonyl (C=O) groups excluding carboxylic acids is 2. The molecule has 2 amide bonds. The van der Waals surface area contributed by atoms with Gasteiger partial charge in [0.15, 0.2) is 0 Å². The van der Waals surface area contributed by atoms with Crippen LogP contribution in [0.4, 0.5) is 5.69 Å². The Balaban J connectivity index is 1.72. The zero-order valence-corrected chi connectivity index (χ0v) is 20.7. The van der Waals surface area contributed by atoms with Crippen molar-refractivity contribution in [1.82, 2.24) is 10.3 Å². The minimum Gasteiger partial charge on any atom is -0.395 e. The second-order valence-electron chi connectivity index (χ2n) is 8.18. The molecule has 0 atom stereocenters. The van der Waals surface area contributed by atoms with Crippen LogP contribution in [-0.4, -0.2) is 59.4 Å². The highest BCUT2D eigenvalue weighted by Crippen LogP contribution is 2.22. The van der Waals surface area contributed by atoms with Gasteiger partial charge in [0.2, 0.25) is 0 Å². The third kappa shape index (κ3) is 8.00. The molecule has 0 saturated carbocycles. The highest BCUT2D eigenvalue weighted by molar-refractivity contribution is 6.31. The van der Waals surface area contributed by atoms with E-state index in [1.807, 2.05) is 42.2 Å². The van der Waals surface area contributed by atoms with E-state index < -0.39 is 11.8 Å². The average molecular weight is 509 g/mol. The monoisotopic (exact) mass is 508 g/mol. The summed E-state index contributed by atoms with van der Waals surface area (Å²) in [4.78, 5) is 27.7. The van der Waals surface area contributed by atoms with Gasteiger partial charge in [-0.05, 0) is 48.4 Å². The van der Waals surface area contributed by atoms with Gasteiger partial charge < -0.3 is 15.5 Å². The number of carbonyl (C=O) groups is 2. The zero-order valence-electron chi connectivity index (χ0n) is 19.9. The molecule has 36 heavy (non-hydrogen) atoms. The van der Waals surface area contributed by atoms with Crippen LogP contribution in [0, 0.1) is 6.92 Å². The van der Waals surface area contributed by atoms with Gasteiger partial charge in [-0.2, -0.15) is 5.10 Å². The van der Waals surface area contributed by atoms with Crippen LogP contribution in [0.5, 0.6) is 0 Å². The molecule has 0 radical (unpaired) electrons. The minimum absolute atomic E-state index is 0.0311. The number of hydrazone groups is 1. The van der Waals surface area contributed by atoms with Crippen molar-refractivity contribution in [2.24, 2.45) is 5.10 Å². The van der Waals surface area contributed by atoms with E-state index in [-0.39, 0.29) is 18.8 Å². The van der Waals surface area contributed by atoms with E-state index >= 15 is 0 Å². The minimum atomic E-state index is -0.520. The van der Waals surface area contributed by atoms with E-state index in [2.05, 4.69) is 15.8 Å². The first kappa shape index (κ1) is 27.0. The van der Waals surface area contributed by atoms with Gasteiger partial charge in [0.25, 0.3) is 11.8 Å². The molecule has 0 aliphatic carbocycles. The third-order valence-corrected chi connectivity index (χ3v) is 5.59. The van der Waals surface area contributed by atoms with E-state index in [1.165, 1.54) is 12.3 Å². The quantitative estimate of drug-likeness (QED) is 0.234. The SMILES string of the molecule is Cc1ccc(C=NNC(=O)c2cc(Cl)ccc2NC(=O)c2cccc(CN(CCO)CCO)c2)cc1. The van der Waals surface area contributed by atoms with Crippen molar-refractivity contribution in [3.05, 3.63) is 99.6 Å². The molecule has 0 spiro atoms. The van der Waals surface area contributed by atoms with Gasteiger partial charge >= 0.3 is 0 Å². The molecule has 0 aliphatic heterocycles. The second-order valence-corrected chi connectivity index (χ2v) is 8.61. The Labute approximate surface area is 215 Å². The number of hydrogen-bond acceptors (Lipinski definition) is 6. The normalized spacial score (nSPS) is 11.1. The number of anilines is 1. The van der Waals surface area contributed by atoms with Crippen LogP contribution in [0.15, 0.2) is 71.8 Å². The topological polar surface area (TPSA) is 114 Å². The van der Waals surface area contributed by atoms with Gasteiger partial charge in [0.1, 0.15) is 0 Å². The molecule has 0 aromatic heterocycles. The Hall–Kier alpha value is -3.56. The summed E-state index contributed by atoms with van der Waals surface area (Å²) >= 11 is 6.11. The number of nitrogens with one attached hydrogen (secondary N) is 2. The van der Waals surface area contributed by atoms with Gasteiger partial charge in [-0.3, -0.25) is 14.5 Å². The Kier molecular flexibility index (Phi) is 10.1. The number of hydrogen-bond donors (Lipinski definition) is 4. The molecular formula is C27H29ClN4O4. The smallest absolute Gasteiger partial charge is 0.273 e. The third-order valence-electron chi connectivity index (χ3n) is 5.36. The molecule has 4 N–H and O–H groups in total. The molecule has 3 rings (SSSR count). The molecule has 0 aliphatic rings. The molecule has 0 bridgehead atoms. The molecule has 8 nitrogen and oxygen atoms in total. The zero-order chi connectivity index (χ0) is 25.9. The van der Waals surface area contributed by atoms with Gasteiger partial charge in [-0.25, -0.2) is 5.43 Å². The van der Waals surface area contributed by atoms with Crippen molar-refractivity contribution in [2.45, 2.75) is 13.5 Å². The van der Waals surface area contributed by atoms with Gasteiger partial charge in [0, 0.05) is 30.2 Å².